The Morgan fingerprint density at radius 2 is 2.24 bits per heavy atom. The van der Waals surface area contributed by atoms with Crippen LogP contribution < -0.4 is 0 Å². The molecule has 2 heterocycles. The largest absolute Gasteiger partial charge is 0.359 e. The van der Waals surface area contributed by atoms with Crippen molar-refractivity contribution in [3.8, 4) is 0 Å². The molecule has 0 bridgehead atoms. The molecule has 0 atom stereocenters. The lowest BCUT2D eigenvalue weighted by Gasteiger charge is -1.98. The first-order valence-electron chi connectivity index (χ1n) is 5.26. The van der Waals surface area contributed by atoms with Gasteiger partial charge in [-0.3, -0.25) is 0 Å². The van der Waals surface area contributed by atoms with Gasteiger partial charge in [0, 0.05) is 23.8 Å². The molecule has 0 unspecified atom stereocenters. The minimum Gasteiger partial charge on any atom is -0.359 e. The van der Waals surface area contributed by atoms with Crippen LogP contribution in [0, 0.1) is 0 Å². The second-order valence-electron chi connectivity index (χ2n) is 3.47. The molecule has 0 spiro atoms. The van der Waals surface area contributed by atoms with Gasteiger partial charge in [-0.2, -0.15) is 0 Å². The van der Waals surface area contributed by atoms with E-state index in [9.17, 15) is 0 Å². The molecule has 0 saturated carbocycles. The van der Waals surface area contributed by atoms with Gasteiger partial charge in [-0.1, -0.05) is 18.5 Å². The maximum Gasteiger partial charge on any atom is 0.146 e. The number of aromatic nitrogens is 2. The molecule has 17 heavy (non-hydrogen) atoms. The number of hydrogen-bond acceptors (Lipinski definition) is 5. The fourth-order valence-corrected chi connectivity index (χ4v) is 2.71. The number of aryl methyl sites for hydroxylation is 1. The molecular weight excluding hydrogens is 260 g/mol. The zero-order chi connectivity index (χ0) is 12.3. The Kier molecular flexibility index (Phi) is 4.28. The zero-order valence-electron chi connectivity index (χ0n) is 9.70. The van der Waals surface area contributed by atoms with Crippen LogP contribution in [0.25, 0.3) is 10.2 Å². The van der Waals surface area contributed by atoms with E-state index < -0.39 is 0 Å². The fourth-order valence-electron chi connectivity index (χ4n) is 1.43. The second kappa shape index (κ2) is 5.73. The third kappa shape index (κ3) is 2.93. The molecule has 6 heteroatoms. The summed E-state index contributed by atoms with van der Waals surface area (Å²) in [6, 6.07) is 1.97. The van der Waals surface area contributed by atoms with Crippen LogP contribution in [0.15, 0.2) is 6.07 Å². The van der Waals surface area contributed by atoms with Crippen LogP contribution in [0.3, 0.4) is 0 Å². The number of nitrogens with zero attached hydrogens (tertiary/aromatic N) is 2. The first-order chi connectivity index (χ1) is 8.24. The molecule has 0 fully saturated rings. The van der Waals surface area contributed by atoms with Crippen LogP contribution in [0.1, 0.15) is 17.6 Å². The average molecular weight is 273 g/mol. The smallest absolute Gasteiger partial charge is 0.146 e. The van der Waals surface area contributed by atoms with Crippen LogP contribution in [-0.2, 0) is 22.5 Å². The van der Waals surface area contributed by atoms with Gasteiger partial charge in [-0.05, 0) is 6.07 Å². The summed E-state index contributed by atoms with van der Waals surface area (Å²) >= 11 is 7.68. The standard InChI is InChI=1S/C11H13ClN2O2S/c1-3-9-13-10(12)8-4-7(5-16-6-15-2)17-11(8)14-9/h4H,3,5-6H2,1-2H3. The Balaban J connectivity index is 2.26. The molecule has 0 aliphatic rings. The Labute approximate surface area is 109 Å². The maximum absolute atomic E-state index is 6.11. The van der Waals surface area contributed by atoms with Crippen LogP contribution in [-0.4, -0.2) is 23.9 Å². The highest BCUT2D eigenvalue weighted by molar-refractivity contribution is 7.18. The van der Waals surface area contributed by atoms with Crippen LogP contribution in [0.4, 0.5) is 0 Å². The molecule has 0 aliphatic heterocycles. The van der Waals surface area contributed by atoms with Gasteiger partial charge in [-0.15, -0.1) is 11.3 Å². The van der Waals surface area contributed by atoms with E-state index in [1.54, 1.807) is 18.4 Å². The third-order valence-electron chi connectivity index (χ3n) is 2.21. The molecule has 0 saturated heterocycles. The minimum atomic E-state index is 0.286. The lowest BCUT2D eigenvalue weighted by Crippen LogP contribution is -1.94. The van der Waals surface area contributed by atoms with Gasteiger partial charge in [0.1, 0.15) is 22.6 Å². The fraction of sp³-hybridized carbons (Fsp3) is 0.455. The molecule has 0 amide bonds. The third-order valence-corrected chi connectivity index (χ3v) is 3.50. The van der Waals surface area contributed by atoms with Gasteiger partial charge >= 0.3 is 0 Å². The molecule has 2 aromatic heterocycles. The van der Waals surface area contributed by atoms with E-state index in [1.807, 2.05) is 13.0 Å². The molecule has 92 valence electrons. The molecule has 0 N–H and O–H groups in total. The van der Waals surface area contributed by atoms with Gasteiger partial charge < -0.3 is 9.47 Å². The summed E-state index contributed by atoms with van der Waals surface area (Å²) in [5.74, 6) is 0.772. The summed E-state index contributed by atoms with van der Waals surface area (Å²) in [6.07, 6.45) is 0.781. The Bertz CT molecular complexity index is 515. The number of methoxy groups -OCH3 is 1. The number of fused-ring (bicyclic) bond motifs is 1. The molecule has 2 aromatic rings. The SMILES string of the molecule is CCc1nc(Cl)c2cc(COCOC)sc2n1. The summed E-state index contributed by atoms with van der Waals surface area (Å²) in [6.45, 7) is 2.80. The van der Waals surface area contributed by atoms with E-state index in [0.29, 0.717) is 11.8 Å². The molecule has 0 aliphatic carbocycles. The minimum absolute atomic E-state index is 0.286. The number of ether oxygens (including phenoxy) is 2. The van der Waals surface area contributed by atoms with Crippen molar-refractivity contribution in [2.45, 2.75) is 20.0 Å². The van der Waals surface area contributed by atoms with Crippen molar-refractivity contribution >= 4 is 33.2 Å². The topological polar surface area (TPSA) is 44.2 Å². The zero-order valence-corrected chi connectivity index (χ0v) is 11.3. The van der Waals surface area contributed by atoms with E-state index in [0.717, 1.165) is 27.3 Å². The maximum atomic E-state index is 6.11. The highest BCUT2D eigenvalue weighted by Gasteiger charge is 2.09. The monoisotopic (exact) mass is 272 g/mol. The van der Waals surface area contributed by atoms with E-state index in [4.69, 9.17) is 21.1 Å². The van der Waals surface area contributed by atoms with Crippen molar-refractivity contribution in [1.82, 2.24) is 9.97 Å². The number of hydrogen-bond donors (Lipinski definition) is 0. The van der Waals surface area contributed by atoms with Gasteiger partial charge in [0.15, 0.2) is 0 Å². The van der Waals surface area contributed by atoms with Crippen LogP contribution >= 0.6 is 22.9 Å². The van der Waals surface area contributed by atoms with Crippen molar-refractivity contribution in [3.63, 3.8) is 0 Å². The predicted molar refractivity (Wildman–Crippen MR) is 68.5 cm³/mol. The van der Waals surface area contributed by atoms with Crippen molar-refractivity contribution in [3.05, 3.63) is 21.9 Å². The highest BCUT2D eigenvalue weighted by Crippen LogP contribution is 2.29. The van der Waals surface area contributed by atoms with Gasteiger partial charge in [0.2, 0.25) is 0 Å². The van der Waals surface area contributed by atoms with Gasteiger partial charge in [-0.25, -0.2) is 9.97 Å². The van der Waals surface area contributed by atoms with Crippen LogP contribution in [0.5, 0.6) is 0 Å². The summed E-state index contributed by atoms with van der Waals surface area (Å²) in [7, 11) is 1.60. The van der Waals surface area contributed by atoms with Crippen LogP contribution in [0.2, 0.25) is 5.15 Å². The normalized spacial score (nSPS) is 11.2. The molecular formula is C11H13ClN2O2S. The summed E-state index contributed by atoms with van der Waals surface area (Å²) in [5.41, 5.74) is 0. The first-order valence-corrected chi connectivity index (χ1v) is 6.45. The Morgan fingerprint density at radius 3 is 2.94 bits per heavy atom. The highest BCUT2D eigenvalue weighted by atomic mass is 35.5. The molecule has 4 nitrogen and oxygen atoms in total. The quantitative estimate of drug-likeness (QED) is 0.477. The second-order valence-corrected chi connectivity index (χ2v) is 4.94. The molecule has 0 radical (unpaired) electrons. The lowest BCUT2D eigenvalue weighted by molar-refractivity contribution is -0.0381. The number of thiophene rings is 1. The average Bonchev–Trinajstić information content (AvgIpc) is 2.72. The van der Waals surface area contributed by atoms with Gasteiger partial charge in [0.25, 0.3) is 0 Å². The summed E-state index contributed by atoms with van der Waals surface area (Å²) < 4.78 is 10.1. The van der Waals surface area contributed by atoms with Crippen molar-refractivity contribution < 1.29 is 9.47 Å². The van der Waals surface area contributed by atoms with Crippen molar-refractivity contribution in [2.75, 3.05) is 13.9 Å². The van der Waals surface area contributed by atoms with E-state index >= 15 is 0 Å². The number of halogens is 1. The van der Waals surface area contributed by atoms with E-state index in [-0.39, 0.29) is 6.79 Å². The Morgan fingerprint density at radius 1 is 1.41 bits per heavy atom. The van der Waals surface area contributed by atoms with Crippen molar-refractivity contribution in [1.29, 1.82) is 0 Å². The summed E-state index contributed by atoms with van der Waals surface area (Å²) in [4.78, 5) is 10.7. The lowest BCUT2D eigenvalue weighted by atomic mass is 10.3. The van der Waals surface area contributed by atoms with Crippen molar-refractivity contribution in [2.24, 2.45) is 0 Å². The van der Waals surface area contributed by atoms with Gasteiger partial charge in [0.05, 0.1) is 6.61 Å². The van der Waals surface area contributed by atoms with E-state index in [2.05, 4.69) is 9.97 Å². The molecule has 0 aromatic carbocycles. The Hall–Kier alpha value is -0.750. The predicted octanol–water partition coefficient (Wildman–Crippen LogP) is 3.03. The molecule has 2 rings (SSSR count). The number of rotatable bonds is 5. The first kappa shape index (κ1) is 12.7. The summed E-state index contributed by atoms with van der Waals surface area (Å²) in [5, 5.41) is 1.41. The van der Waals surface area contributed by atoms with E-state index in [1.165, 1.54) is 0 Å².